The number of rotatable bonds is 3. The maximum Gasteiger partial charge on any atom is 0.106 e. The van der Waals surface area contributed by atoms with E-state index in [1.807, 2.05) is 12.1 Å². The summed E-state index contributed by atoms with van der Waals surface area (Å²) in [5.41, 5.74) is 2.92. The molecule has 1 atom stereocenters. The zero-order chi connectivity index (χ0) is 13.4. The number of hydrogen-bond acceptors (Lipinski definition) is 2. The molecule has 1 fully saturated rings. The molecule has 100 valence electrons. The molecule has 1 heterocycles. The monoisotopic (exact) mass is 312 g/mol. The van der Waals surface area contributed by atoms with E-state index in [9.17, 15) is 5.11 Å². The fourth-order valence-electron chi connectivity index (χ4n) is 2.41. The first-order valence-electron chi connectivity index (χ1n) is 6.38. The number of hydrogen-bond donors (Lipinski definition) is 1. The molecular weight excluding hydrogens is 299 g/mol. The predicted molar refractivity (Wildman–Crippen MR) is 81.4 cm³/mol. The van der Waals surface area contributed by atoms with Crippen LogP contribution in [0.5, 0.6) is 0 Å². The lowest BCUT2D eigenvalue weighted by atomic mass is 9.80. The van der Waals surface area contributed by atoms with Crippen molar-refractivity contribution in [1.29, 1.82) is 0 Å². The number of halogens is 2. The van der Waals surface area contributed by atoms with Crippen LogP contribution in [0.15, 0.2) is 30.3 Å². The van der Waals surface area contributed by atoms with Crippen LogP contribution in [0.1, 0.15) is 48.0 Å². The maximum absolute atomic E-state index is 10.4. The van der Waals surface area contributed by atoms with Gasteiger partial charge in [-0.05, 0) is 36.0 Å². The van der Waals surface area contributed by atoms with E-state index in [1.54, 1.807) is 6.07 Å². The Bertz CT molecular complexity index is 572. The molecule has 0 spiro atoms. The molecule has 1 N–H and O–H groups in total. The van der Waals surface area contributed by atoms with Gasteiger partial charge in [0.1, 0.15) is 10.4 Å². The van der Waals surface area contributed by atoms with Crippen LogP contribution in [-0.4, -0.2) is 5.11 Å². The van der Waals surface area contributed by atoms with Crippen molar-refractivity contribution in [2.24, 2.45) is 0 Å². The van der Waals surface area contributed by atoms with Gasteiger partial charge in [-0.2, -0.15) is 0 Å². The predicted octanol–water partition coefficient (Wildman–Crippen LogP) is 5.40. The summed E-state index contributed by atoms with van der Waals surface area (Å²) in [4.78, 5) is 0. The van der Waals surface area contributed by atoms with E-state index >= 15 is 0 Å². The molecule has 2 aromatic rings. The fourth-order valence-corrected chi connectivity index (χ4v) is 3.93. The second-order valence-electron chi connectivity index (χ2n) is 4.98. The highest BCUT2D eigenvalue weighted by Crippen LogP contribution is 2.39. The van der Waals surface area contributed by atoms with Crippen LogP contribution in [0.2, 0.25) is 8.67 Å². The first kappa shape index (κ1) is 13.4. The molecule has 1 saturated carbocycles. The largest absolute Gasteiger partial charge is 0.384 e. The van der Waals surface area contributed by atoms with Gasteiger partial charge in [0, 0.05) is 5.56 Å². The molecule has 4 heteroatoms. The third-order valence-corrected chi connectivity index (χ3v) is 5.32. The molecular formula is C15H14Cl2OS. The van der Waals surface area contributed by atoms with E-state index in [1.165, 1.54) is 36.2 Å². The summed E-state index contributed by atoms with van der Waals surface area (Å²) in [6.45, 7) is 0. The van der Waals surface area contributed by atoms with Gasteiger partial charge in [0.2, 0.25) is 0 Å². The average molecular weight is 313 g/mol. The Labute approximate surface area is 126 Å². The number of benzene rings is 1. The van der Waals surface area contributed by atoms with E-state index in [-0.39, 0.29) is 0 Å². The summed E-state index contributed by atoms with van der Waals surface area (Å²) in [5, 5.41) is 10.4. The smallest absolute Gasteiger partial charge is 0.106 e. The summed E-state index contributed by atoms with van der Waals surface area (Å²) >= 11 is 13.3. The second kappa shape index (κ2) is 5.45. The van der Waals surface area contributed by atoms with Crippen molar-refractivity contribution in [2.45, 2.75) is 31.3 Å². The Morgan fingerprint density at radius 3 is 2.32 bits per heavy atom. The van der Waals surface area contributed by atoms with E-state index < -0.39 is 6.10 Å². The summed E-state index contributed by atoms with van der Waals surface area (Å²) in [7, 11) is 0. The second-order valence-corrected chi connectivity index (χ2v) is 7.26. The number of aliphatic hydroxyl groups excluding tert-OH is 1. The lowest BCUT2D eigenvalue weighted by Crippen LogP contribution is -2.08. The highest BCUT2D eigenvalue weighted by atomic mass is 35.5. The van der Waals surface area contributed by atoms with Gasteiger partial charge < -0.3 is 5.11 Å². The average Bonchev–Trinajstić information content (AvgIpc) is 2.66. The first-order chi connectivity index (χ1) is 9.15. The Morgan fingerprint density at radius 2 is 1.84 bits per heavy atom. The van der Waals surface area contributed by atoms with Crippen molar-refractivity contribution < 1.29 is 5.11 Å². The van der Waals surface area contributed by atoms with Crippen LogP contribution in [0.4, 0.5) is 0 Å². The SMILES string of the molecule is OC(c1ccc(C2CCC2)cc1)c1cc(Cl)sc1Cl. The van der Waals surface area contributed by atoms with Gasteiger partial charge in [0.25, 0.3) is 0 Å². The number of aliphatic hydroxyl groups is 1. The third-order valence-electron chi connectivity index (χ3n) is 3.81. The summed E-state index contributed by atoms with van der Waals surface area (Å²) in [5.74, 6) is 0.713. The van der Waals surface area contributed by atoms with E-state index in [0.29, 0.717) is 20.2 Å². The zero-order valence-electron chi connectivity index (χ0n) is 10.3. The summed E-state index contributed by atoms with van der Waals surface area (Å²) in [6.07, 6.45) is 3.20. The molecule has 1 nitrogen and oxygen atoms in total. The first-order valence-corrected chi connectivity index (χ1v) is 7.95. The Kier molecular flexibility index (Phi) is 3.86. The standard InChI is InChI=1S/C15H14Cl2OS/c16-13-8-12(15(17)19-13)14(18)11-6-4-10(5-7-11)9-2-1-3-9/h4-9,14,18H,1-3H2. The minimum Gasteiger partial charge on any atom is -0.384 e. The normalized spacial score (nSPS) is 17.2. The van der Waals surface area contributed by atoms with Gasteiger partial charge in [0.05, 0.1) is 4.34 Å². The van der Waals surface area contributed by atoms with Gasteiger partial charge in [-0.15, -0.1) is 11.3 Å². The molecule has 0 bridgehead atoms. The Balaban J connectivity index is 1.83. The molecule has 0 saturated heterocycles. The van der Waals surface area contributed by atoms with Crippen LogP contribution in [0.3, 0.4) is 0 Å². The molecule has 1 aliphatic rings. The van der Waals surface area contributed by atoms with Gasteiger partial charge in [-0.25, -0.2) is 0 Å². The van der Waals surface area contributed by atoms with E-state index in [4.69, 9.17) is 23.2 Å². The van der Waals surface area contributed by atoms with Crippen molar-refractivity contribution >= 4 is 34.5 Å². The van der Waals surface area contributed by atoms with Gasteiger partial charge in [-0.1, -0.05) is 53.9 Å². The van der Waals surface area contributed by atoms with E-state index in [0.717, 1.165) is 5.56 Å². The molecule has 1 aromatic heterocycles. The van der Waals surface area contributed by atoms with Gasteiger partial charge >= 0.3 is 0 Å². The minimum absolute atomic E-state index is 0.556. The van der Waals surface area contributed by atoms with Gasteiger partial charge in [-0.3, -0.25) is 0 Å². The number of thiophene rings is 1. The third kappa shape index (κ3) is 2.68. The lowest BCUT2D eigenvalue weighted by molar-refractivity contribution is 0.221. The van der Waals surface area contributed by atoms with Crippen LogP contribution in [0, 0.1) is 0 Å². The molecule has 19 heavy (non-hydrogen) atoms. The quantitative estimate of drug-likeness (QED) is 0.804. The van der Waals surface area contributed by atoms with Gasteiger partial charge in [0.15, 0.2) is 0 Å². The highest BCUT2D eigenvalue weighted by Gasteiger charge is 2.21. The zero-order valence-corrected chi connectivity index (χ0v) is 12.6. The van der Waals surface area contributed by atoms with Crippen molar-refractivity contribution in [1.82, 2.24) is 0 Å². The van der Waals surface area contributed by atoms with Crippen LogP contribution in [-0.2, 0) is 0 Å². The summed E-state index contributed by atoms with van der Waals surface area (Å²) < 4.78 is 1.16. The van der Waals surface area contributed by atoms with Crippen molar-refractivity contribution in [2.75, 3.05) is 0 Å². The molecule has 0 aliphatic heterocycles. The van der Waals surface area contributed by atoms with Crippen molar-refractivity contribution in [3.8, 4) is 0 Å². The van der Waals surface area contributed by atoms with Crippen molar-refractivity contribution in [3.63, 3.8) is 0 Å². The topological polar surface area (TPSA) is 20.2 Å². The van der Waals surface area contributed by atoms with Crippen LogP contribution >= 0.6 is 34.5 Å². The van der Waals surface area contributed by atoms with E-state index in [2.05, 4.69) is 12.1 Å². The molecule has 0 radical (unpaired) electrons. The fraction of sp³-hybridized carbons (Fsp3) is 0.333. The molecule has 1 aromatic carbocycles. The van der Waals surface area contributed by atoms with Crippen LogP contribution in [0.25, 0.3) is 0 Å². The minimum atomic E-state index is -0.702. The van der Waals surface area contributed by atoms with Crippen molar-refractivity contribution in [3.05, 3.63) is 55.7 Å². The lowest BCUT2D eigenvalue weighted by Gasteiger charge is -2.26. The van der Waals surface area contributed by atoms with Crippen LogP contribution < -0.4 is 0 Å². The molecule has 1 unspecified atom stereocenters. The molecule has 0 amide bonds. The maximum atomic E-state index is 10.4. The Morgan fingerprint density at radius 1 is 1.16 bits per heavy atom. The highest BCUT2D eigenvalue weighted by molar-refractivity contribution is 7.20. The molecule has 3 rings (SSSR count). The molecule has 1 aliphatic carbocycles. The summed E-state index contributed by atoms with van der Waals surface area (Å²) in [6, 6.07) is 9.94. The Hall–Kier alpha value is -0.540.